The summed E-state index contributed by atoms with van der Waals surface area (Å²) in [5, 5.41) is 9.05. The predicted octanol–water partition coefficient (Wildman–Crippen LogP) is 2.81. The molecule has 0 saturated heterocycles. The molecule has 1 unspecified atom stereocenters. The minimum absolute atomic E-state index is 0.0300. The fraction of sp³-hybridized carbons (Fsp3) is 0.350. The van der Waals surface area contributed by atoms with Crippen molar-refractivity contribution >= 4 is 17.6 Å². The molecule has 0 spiro atoms. The van der Waals surface area contributed by atoms with Crippen LogP contribution in [0, 0.1) is 0 Å². The number of nitrogens with zero attached hydrogens (tertiary/aromatic N) is 2. The molecule has 1 aliphatic rings. The van der Waals surface area contributed by atoms with Crippen LogP contribution in [0.15, 0.2) is 47.6 Å². The molecular weight excluding hydrogens is 399 g/mol. The molecule has 2 aromatic rings. The molecule has 1 aromatic carbocycles. The van der Waals surface area contributed by atoms with Crippen molar-refractivity contribution < 1.29 is 22.7 Å². The minimum Gasteiger partial charge on any atom is -0.468 e. The summed E-state index contributed by atoms with van der Waals surface area (Å²) in [5.74, 6) is 0.280. The van der Waals surface area contributed by atoms with Gasteiger partial charge in [-0.25, -0.2) is 4.98 Å². The second-order valence-corrected chi connectivity index (χ2v) is 6.71. The number of fused-ring (bicyclic) bond motifs is 1. The van der Waals surface area contributed by atoms with E-state index in [-0.39, 0.29) is 24.2 Å². The zero-order valence-electron chi connectivity index (χ0n) is 16.3. The molecule has 10 heteroatoms. The Kier molecular flexibility index (Phi) is 6.76. The number of pyridine rings is 1. The van der Waals surface area contributed by atoms with Gasteiger partial charge in [-0.1, -0.05) is 24.3 Å². The van der Waals surface area contributed by atoms with Crippen LogP contribution in [0.5, 0.6) is 5.88 Å². The SMILES string of the molecule is CN=C(NCc1cccnc1OCC(F)(F)F)NCC1CC(=O)Nc2ccccc21. The fourth-order valence-corrected chi connectivity index (χ4v) is 3.14. The van der Waals surface area contributed by atoms with Crippen molar-refractivity contribution in [3.05, 3.63) is 53.7 Å². The lowest BCUT2D eigenvalue weighted by molar-refractivity contribution is -0.154. The van der Waals surface area contributed by atoms with Gasteiger partial charge < -0.3 is 20.7 Å². The van der Waals surface area contributed by atoms with E-state index >= 15 is 0 Å². The predicted molar refractivity (Wildman–Crippen MR) is 106 cm³/mol. The average Bonchev–Trinajstić information content (AvgIpc) is 2.72. The number of ether oxygens (including phenoxy) is 1. The number of anilines is 1. The molecule has 7 nitrogen and oxygen atoms in total. The van der Waals surface area contributed by atoms with Gasteiger partial charge in [0.1, 0.15) is 0 Å². The molecular formula is C20H22F3N5O2. The average molecular weight is 421 g/mol. The van der Waals surface area contributed by atoms with Crippen molar-refractivity contribution in [3.8, 4) is 5.88 Å². The molecule has 3 rings (SSSR count). The van der Waals surface area contributed by atoms with E-state index in [4.69, 9.17) is 4.74 Å². The highest BCUT2D eigenvalue weighted by atomic mass is 19.4. The van der Waals surface area contributed by atoms with Crippen LogP contribution in [0.3, 0.4) is 0 Å². The summed E-state index contributed by atoms with van der Waals surface area (Å²) in [4.78, 5) is 19.9. The number of hydrogen-bond acceptors (Lipinski definition) is 4. The van der Waals surface area contributed by atoms with Crippen LogP contribution >= 0.6 is 0 Å². The molecule has 2 heterocycles. The topological polar surface area (TPSA) is 87.6 Å². The van der Waals surface area contributed by atoms with Gasteiger partial charge in [0.25, 0.3) is 0 Å². The number of guanidine groups is 1. The largest absolute Gasteiger partial charge is 0.468 e. The summed E-state index contributed by atoms with van der Waals surface area (Å²) in [5.41, 5.74) is 2.30. The first-order chi connectivity index (χ1) is 14.4. The maximum atomic E-state index is 12.4. The lowest BCUT2D eigenvalue weighted by atomic mass is 9.90. The number of nitrogens with one attached hydrogen (secondary N) is 3. The Hall–Kier alpha value is -3.30. The van der Waals surface area contributed by atoms with Crippen LogP contribution in [-0.2, 0) is 11.3 Å². The smallest absolute Gasteiger partial charge is 0.422 e. The molecule has 1 aliphatic heterocycles. The third-order valence-corrected chi connectivity index (χ3v) is 4.51. The number of halogens is 3. The van der Waals surface area contributed by atoms with Crippen LogP contribution in [0.4, 0.5) is 18.9 Å². The van der Waals surface area contributed by atoms with Crippen molar-refractivity contribution in [2.75, 3.05) is 25.5 Å². The Labute approximate surface area is 171 Å². The number of aliphatic imine (C=N–C) groups is 1. The van der Waals surface area contributed by atoms with E-state index in [1.807, 2.05) is 24.3 Å². The van der Waals surface area contributed by atoms with Gasteiger partial charge in [-0.2, -0.15) is 13.2 Å². The molecule has 0 fully saturated rings. The van der Waals surface area contributed by atoms with Crippen LogP contribution in [0.2, 0.25) is 0 Å². The maximum Gasteiger partial charge on any atom is 0.422 e. The molecule has 0 radical (unpaired) electrons. The van der Waals surface area contributed by atoms with E-state index in [2.05, 4.69) is 25.9 Å². The van der Waals surface area contributed by atoms with Crippen LogP contribution < -0.4 is 20.7 Å². The Morgan fingerprint density at radius 2 is 2.07 bits per heavy atom. The first-order valence-corrected chi connectivity index (χ1v) is 9.32. The van der Waals surface area contributed by atoms with Gasteiger partial charge in [-0.15, -0.1) is 0 Å². The van der Waals surface area contributed by atoms with Crippen molar-refractivity contribution in [3.63, 3.8) is 0 Å². The van der Waals surface area contributed by atoms with Gasteiger partial charge in [0, 0.05) is 49.9 Å². The molecule has 3 N–H and O–H groups in total. The third-order valence-electron chi connectivity index (χ3n) is 4.51. The van der Waals surface area contributed by atoms with Crippen molar-refractivity contribution in [2.24, 2.45) is 4.99 Å². The summed E-state index contributed by atoms with van der Waals surface area (Å²) >= 11 is 0. The van der Waals surface area contributed by atoms with Crippen molar-refractivity contribution in [2.45, 2.75) is 25.1 Å². The zero-order chi connectivity index (χ0) is 21.6. The quantitative estimate of drug-likeness (QED) is 0.493. The summed E-state index contributed by atoms with van der Waals surface area (Å²) in [7, 11) is 1.58. The standard InChI is InChI=1S/C20H22F3N5O2/c1-24-19(26-10-13-5-4-8-25-18(13)30-12-20(21,22)23)27-11-14-9-17(29)28-16-7-3-2-6-15(14)16/h2-8,14H,9-12H2,1H3,(H,28,29)(H2,24,26,27). The van der Waals surface area contributed by atoms with Gasteiger partial charge in [-0.3, -0.25) is 9.79 Å². The zero-order valence-corrected chi connectivity index (χ0v) is 16.3. The number of para-hydroxylation sites is 1. The Balaban J connectivity index is 1.58. The number of alkyl halides is 3. The molecule has 30 heavy (non-hydrogen) atoms. The summed E-state index contributed by atoms with van der Waals surface area (Å²) in [6, 6.07) is 10.9. The number of aromatic nitrogens is 1. The number of carbonyl (C=O) groups excluding carboxylic acids is 1. The van der Waals surface area contributed by atoms with Crippen molar-refractivity contribution in [1.82, 2.24) is 15.6 Å². The lowest BCUT2D eigenvalue weighted by Gasteiger charge is -2.26. The summed E-state index contributed by atoms with van der Waals surface area (Å²) in [6.07, 6.45) is -2.73. The molecule has 1 amide bonds. The van der Waals surface area contributed by atoms with E-state index in [1.165, 1.54) is 6.20 Å². The number of hydrogen-bond donors (Lipinski definition) is 3. The second kappa shape index (κ2) is 9.47. The Morgan fingerprint density at radius 3 is 2.83 bits per heavy atom. The highest BCUT2D eigenvalue weighted by molar-refractivity contribution is 5.94. The van der Waals surface area contributed by atoms with E-state index in [1.54, 1.807) is 19.2 Å². The monoisotopic (exact) mass is 421 g/mol. The van der Waals surface area contributed by atoms with Gasteiger partial charge in [-0.05, 0) is 17.7 Å². The molecule has 1 aromatic heterocycles. The summed E-state index contributed by atoms with van der Waals surface area (Å²) in [6.45, 7) is -0.774. The van der Waals surface area contributed by atoms with Gasteiger partial charge in [0.05, 0.1) is 0 Å². The highest BCUT2D eigenvalue weighted by Crippen LogP contribution is 2.31. The molecule has 0 aliphatic carbocycles. The Morgan fingerprint density at radius 1 is 1.27 bits per heavy atom. The van der Waals surface area contributed by atoms with Crippen LogP contribution in [0.25, 0.3) is 0 Å². The fourth-order valence-electron chi connectivity index (χ4n) is 3.14. The van der Waals surface area contributed by atoms with Crippen LogP contribution in [-0.4, -0.2) is 43.2 Å². The normalized spacial score (nSPS) is 16.5. The van der Waals surface area contributed by atoms with E-state index < -0.39 is 12.8 Å². The minimum atomic E-state index is -4.44. The van der Waals surface area contributed by atoms with Gasteiger partial charge in [0.15, 0.2) is 12.6 Å². The van der Waals surface area contributed by atoms with E-state index in [0.29, 0.717) is 24.5 Å². The molecule has 0 saturated carbocycles. The number of amides is 1. The van der Waals surface area contributed by atoms with Gasteiger partial charge in [0.2, 0.25) is 11.8 Å². The lowest BCUT2D eigenvalue weighted by Crippen LogP contribution is -2.40. The van der Waals surface area contributed by atoms with Crippen molar-refractivity contribution in [1.29, 1.82) is 0 Å². The summed E-state index contributed by atoms with van der Waals surface area (Å²) < 4.78 is 42.1. The van der Waals surface area contributed by atoms with Crippen LogP contribution in [0.1, 0.15) is 23.5 Å². The first kappa shape index (κ1) is 21.4. The van der Waals surface area contributed by atoms with Gasteiger partial charge >= 0.3 is 6.18 Å². The number of carbonyl (C=O) groups is 1. The highest BCUT2D eigenvalue weighted by Gasteiger charge is 2.29. The molecule has 160 valence electrons. The van der Waals surface area contributed by atoms with E-state index in [0.717, 1.165) is 11.3 Å². The maximum absolute atomic E-state index is 12.4. The van der Waals surface area contributed by atoms with E-state index in [9.17, 15) is 18.0 Å². The molecule has 0 bridgehead atoms. The number of benzene rings is 1. The Bertz CT molecular complexity index is 917. The number of rotatable bonds is 6. The third kappa shape index (κ3) is 5.85. The molecule has 1 atom stereocenters. The first-order valence-electron chi connectivity index (χ1n) is 9.32. The second-order valence-electron chi connectivity index (χ2n) is 6.71.